The number of aliphatic hydroxyl groups excluding tert-OH is 2. The van der Waals surface area contributed by atoms with Crippen LogP contribution in [-0.2, 0) is 13.8 Å². The van der Waals surface area contributed by atoms with Gasteiger partial charge >= 0.3 is 13.9 Å². The van der Waals surface area contributed by atoms with Gasteiger partial charge in [-0.05, 0) is 44.9 Å². The standard InChI is InChI=1S/C21H37N2O8P/c1-3-5-7-8-9-11-13-16(12-10-6-4-2)14-22-21(26)23-20-19(25)18(24)17(31-20)15-30-32(27,28)29/h4,6,8-9,14,16-20,24-25H,3,5,7,10-13,15H2,1-2H3,(H,23,26)(H2,27,28,29)/b6-4-,9-8-,22-14?. The van der Waals surface area contributed by atoms with E-state index in [1.165, 1.54) is 6.42 Å². The summed E-state index contributed by atoms with van der Waals surface area (Å²) >= 11 is 0. The Morgan fingerprint density at radius 3 is 2.44 bits per heavy atom. The van der Waals surface area contributed by atoms with Gasteiger partial charge in [-0.1, -0.05) is 44.1 Å². The number of aliphatic hydroxyl groups is 2. The van der Waals surface area contributed by atoms with Gasteiger partial charge in [0.25, 0.3) is 0 Å². The third-order valence-corrected chi connectivity index (χ3v) is 5.46. The molecule has 1 aliphatic rings. The molecule has 0 aliphatic carbocycles. The Labute approximate surface area is 189 Å². The SMILES string of the molecule is C/C=C\CCC(C=NC(=O)NC1OC(COP(=O)(O)O)C(O)C1O)CC/C=C\CCCC. The summed E-state index contributed by atoms with van der Waals surface area (Å²) in [6.07, 6.45) is 11.3. The van der Waals surface area contributed by atoms with Crippen molar-refractivity contribution in [2.45, 2.75) is 83.3 Å². The van der Waals surface area contributed by atoms with Gasteiger partial charge < -0.3 is 30.1 Å². The van der Waals surface area contributed by atoms with Crippen molar-refractivity contribution in [2.75, 3.05) is 6.61 Å². The number of hydrogen-bond donors (Lipinski definition) is 5. The molecular weight excluding hydrogens is 439 g/mol. The number of carbonyl (C=O) groups excluding carboxylic acids is 1. The Bertz CT molecular complexity index is 679. The van der Waals surface area contributed by atoms with E-state index in [-0.39, 0.29) is 5.92 Å². The van der Waals surface area contributed by atoms with Crippen molar-refractivity contribution in [1.29, 1.82) is 0 Å². The highest BCUT2D eigenvalue weighted by molar-refractivity contribution is 7.46. The van der Waals surface area contributed by atoms with Crippen LogP contribution in [0, 0.1) is 5.92 Å². The van der Waals surface area contributed by atoms with Gasteiger partial charge in [-0.25, -0.2) is 14.4 Å². The highest BCUT2D eigenvalue weighted by Crippen LogP contribution is 2.37. The fraction of sp³-hybridized carbons (Fsp3) is 0.714. The fourth-order valence-corrected chi connectivity index (χ4v) is 3.49. The van der Waals surface area contributed by atoms with Crippen LogP contribution in [0.4, 0.5) is 4.79 Å². The zero-order chi connectivity index (χ0) is 24.0. The lowest BCUT2D eigenvalue weighted by atomic mass is 9.98. The molecule has 0 saturated carbocycles. The molecule has 11 heteroatoms. The van der Waals surface area contributed by atoms with E-state index >= 15 is 0 Å². The lowest BCUT2D eigenvalue weighted by Crippen LogP contribution is -2.42. The molecule has 0 aromatic heterocycles. The van der Waals surface area contributed by atoms with E-state index in [2.05, 4.69) is 40.0 Å². The summed E-state index contributed by atoms with van der Waals surface area (Å²) in [5.74, 6) is 0.0946. The van der Waals surface area contributed by atoms with Gasteiger partial charge in [0.1, 0.15) is 18.3 Å². The number of phosphoric acid groups is 1. The first kappa shape index (κ1) is 28.6. The number of amides is 2. The van der Waals surface area contributed by atoms with Crippen LogP contribution in [0.15, 0.2) is 29.3 Å². The molecule has 0 spiro atoms. The summed E-state index contributed by atoms with van der Waals surface area (Å²) in [5.41, 5.74) is 0. The summed E-state index contributed by atoms with van der Waals surface area (Å²) in [5, 5.41) is 22.3. The van der Waals surface area contributed by atoms with Gasteiger partial charge in [-0.2, -0.15) is 0 Å². The number of nitrogens with zero attached hydrogens (tertiary/aromatic N) is 1. The van der Waals surface area contributed by atoms with E-state index in [0.717, 1.165) is 38.5 Å². The van der Waals surface area contributed by atoms with Gasteiger partial charge in [-0.15, -0.1) is 0 Å². The molecule has 10 nitrogen and oxygen atoms in total. The molecule has 5 N–H and O–H groups in total. The van der Waals surface area contributed by atoms with Crippen molar-refractivity contribution in [3.63, 3.8) is 0 Å². The number of carbonyl (C=O) groups is 1. The number of nitrogens with one attached hydrogen (secondary N) is 1. The molecule has 1 fully saturated rings. The second-order valence-corrected chi connectivity index (χ2v) is 8.93. The third-order valence-electron chi connectivity index (χ3n) is 4.97. The maximum absolute atomic E-state index is 12.2. The average Bonchev–Trinajstić information content (AvgIpc) is 3.00. The predicted octanol–water partition coefficient (Wildman–Crippen LogP) is 2.82. The molecule has 184 valence electrons. The van der Waals surface area contributed by atoms with E-state index in [1.54, 1.807) is 6.21 Å². The van der Waals surface area contributed by atoms with Gasteiger partial charge in [0, 0.05) is 6.21 Å². The number of urea groups is 1. The van der Waals surface area contributed by atoms with E-state index in [4.69, 9.17) is 14.5 Å². The van der Waals surface area contributed by atoms with E-state index in [0.29, 0.717) is 0 Å². The summed E-state index contributed by atoms with van der Waals surface area (Å²) in [7, 11) is -4.76. The minimum atomic E-state index is -4.76. The third kappa shape index (κ3) is 12.0. The number of aliphatic imine (C=N–C) groups is 1. The Morgan fingerprint density at radius 1 is 1.16 bits per heavy atom. The summed E-state index contributed by atoms with van der Waals surface area (Å²) in [6, 6.07) is -0.743. The Hall–Kier alpha value is -1.39. The second kappa shape index (κ2) is 15.4. The van der Waals surface area contributed by atoms with Crippen LogP contribution in [-0.4, -0.2) is 63.4 Å². The largest absolute Gasteiger partial charge is 0.469 e. The van der Waals surface area contributed by atoms with Gasteiger partial charge in [0.15, 0.2) is 6.23 Å². The maximum Gasteiger partial charge on any atom is 0.469 e. The number of rotatable bonds is 14. The highest BCUT2D eigenvalue weighted by atomic mass is 31.2. The van der Waals surface area contributed by atoms with Crippen molar-refractivity contribution in [1.82, 2.24) is 5.32 Å². The van der Waals surface area contributed by atoms with Crippen molar-refractivity contribution >= 4 is 20.1 Å². The predicted molar refractivity (Wildman–Crippen MR) is 121 cm³/mol. The first-order valence-corrected chi connectivity index (χ1v) is 12.5. The fourth-order valence-electron chi connectivity index (χ4n) is 3.15. The van der Waals surface area contributed by atoms with Crippen LogP contribution >= 0.6 is 7.82 Å². The Morgan fingerprint density at radius 2 is 1.81 bits per heavy atom. The zero-order valence-electron chi connectivity index (χ0n) is 18.7. The van der Waals surface area contributed by atoms with Gasteiger partial charge in [-0.3, -0.25) is 4.52 Å². The lowest BCUT2D eigenvalue weighted by molar-refractivity contribution is -0.0276. The van der Waals surface area contributed by atoms with E-state index in [9.17, 15) is 19.6 Å². The van der Waals surface area contributed by atoms with Crippen LogP contribution in [0.1, 0.15) is 58.8 Å². The number of unbranched alkanes of at least 4 members (excludes halogenated alkanes) is 2. The van der Waals surface area contributed by atoms with Gasteiger partial charge in [0.05, 0.1) is 6.61 Å². The zero-order valence-corrected chi connectivity index (χ0v) is 19.6. The van der Waals surface area contributed by atoms with Crippen LogP contribution in [0.2, 0.25) is 0 Å². The van der Waals surface area contributed by atoms with Crippen molar-refractivity contribution in [3.8, 4) is 0 Å². The first-order valence-electron chi connectivity index (χ1n) is 11.0. The van der Waals surface area contributed by atoms with E-state index < -0.39 is 45.0 Å². The quantitative estimate of drug-likeness (QED) is 0.111. The molecule has 5 unspecified atom stereocenters. The molecule has 1 rings (SSSR count). The first-order chi connectivity index (χ1) is 15.2. The second-order valence-electron chi connectivity index (χ2n) is 7.69. The molecule has 1 aliphatic heterocycles. The molecule has 0 aromatic carbocycles. The van der Waals surface area contributed by atoms with Crippen LogP contribution < -0.4 is 5.32 Å². The summed E-state index contributed by atoms with van der Waals surface area (Å²) < 4.78 is 20.3. The molecule has 0 aromatic rings. The molecule has 32 heavy (non-hydrogen) atoms. The van der Waals surface area contributed by atoms with Gasteiger partial charge in [0.2, 0.25) is 0 Å². The average molecular weight is 477 g/mol. The number of ether oxygens (including phenoxy) is 1. The number of allylic oxidation sites excluding steroid dienone is 4. The monoisotopic (exact) mass is 476 g/mol. The van der Waals surface area contributed by atoms with Crippen LogP contribution in [0.25, 0.3) is 0 Å². The number of hydrogen-bond acceptors (Lipinski definition) is 6. The molecule has 0 bridgehead atoms. The molecule has 1 heterocycles. The topological polar surface area (TPSA) is 158 Å². The smallest absolute Gasteiger partial charge is 0.387 e. The lowest BCUT2D eigenvalue weighted by Gasteiger charge is -2.15. The minimum absolute atomic E-state index is 0.0946. The van der Waals surface area contributed by atoms with Crippen molar-refractivity contribution in [3.05, 3.63) is 24.3 Å². The molecule has 0 radical (unpaired) electrons. The Kier molecular flexibility index (Phi) is 13.8. The maximum atomic E-state index is 12.2. The van der Waals surface area contributed by atoms with Crippen molar-refractivity contribution in [2.24, 2.45) is 10.9 Å². The highest BCUT2D eigenvalue weighted by Gasteiger charge is 2.44. The molecule has 5 atom stereocenters. The Balaban J connectivity index is 2.57. The van der Waals surface area contributed by atoms with Crippen LogP contribution in [0.3, 0.4) is 0 Å². The van der Waals surface area contributed by atoms with E-state index in [1.807, 2.05) is 13.0 Å². The molecule has 1 saturated heterocycles. The summed E-state index contributed by atoms with van der Waals surface area (Å²) in [6.45, 7) is 3.46. The van der Waals surface area contributed by atoms with Crippen molar-refractivity contribution < 1.29 is 38.6 Å². The van der Waals surface area contributed by atoms with Crippen LogP contribution in [0.5, 0.6) is 0 Å². The minimum Gasteiger partial charge on any atom is -0.387 e. The summed E-state index contributed by atoms with van der Waals surface area (Å²) in [4.78, 5) is 33.6. The molecular formula is C21H37N2O8P. The normalized spacial score (nSPS) is 25.3. The number of phosphoric ester groups is 1. The molecule has 2 amide bonds.